The quantitative estimate of drug-likeness (QED) is 0.648. The number of hydrogen-bond acceptors (Lipinski definition) is 7. The number of amides is 1. The number of morpholine rings is 1. The van der Waals surface area contributed by atoms with Crippen molar-refractivity contribution in [2.45, 2.75) is 32.9 Å². The molecule has 160 valence electrons. The zero-order chi connectivity index (χ0) is 21.5. The van der Waals surface area contributed by atoms with Crippen LogP contribution in [0.2, 0.25) is 0 Å². The molecule has 1 aromatic carbocycles. The standard InChI is InChI=1S/C21H27N5O3S/c1-13-22-17(12-30-13)20(27)24-15-10-18-16(9-14(15)21(2,3)28)23-19(25(18)4)11-26-5-7-29-8-6-26/h9-10,12,28H,5-8,11H2,1-4H3,(H,24,27). The van der Waals surface area contributed by atoms with Crippen LogP contribution in [0, 0.1) is 6.92 Å². The SMILES string of the molecule is Cc1nc(C(=O)Nc2cc3c(cc2C(C)(C)O)nc(CN2CCOCC2)n3C)cs1. The summed E-state index contributed by atoms with van der Waals surface area (Å²) in [6.07, 6.45) is 0. The molecule has 0 aliphatic carbocycles. The zero-order valence-corrected chi connectivity index (χ0v) is 18.5. The van der Waals surface area contributed by atoms with Gasteiger partial charge in [0.25, 0.3) is 5.91 Å². The number of carbonyl (C=O) groups excluding carboxylic acids is 1. The molecule has 1 aliphatic rings. The number of aliphatic hydroxyl groups is 1. The maximum atomic E-state index is 12.7. The minimum Gasteiger partial charge on any atom is -0.386 e. The van der Waals surface area contributed by atoms with Gasteiger partial charge in [0.05, 0.1) is 41.4 Å². The predicted octanol–water partition coefficient (Wildman–Crippen LogP) is 2.65. The van der Waals surface area contributed by atoms with Crippen molar-refractivity contribution in [3.05, 3.63) is 39.6 Å². The molecule has 4 rings (SSSR count). The first-order valence-corrected chi connectivity index (χ1v) is 10.9. The van der Waals surface area contributed by atoms with Crippen LogP contribution in [-0.4, -0.2) is 56.8 Å². The largest absolute Gasteiger partial charge is 0.386 e. The van der Waals surface area contributed by atoms with E-state index in [4.69, 9.17) is 9.72 Å². The fourth-order valence-corrected chi connectivity index (χ4v) is 4.25. The smallest absolute Gasteiger partial charge is 0.275 e. The van der Waals surface area contributed by atoms with Crippen molar-refractivity contribution in [1.82, 2.24) is 19.4 Å². The zero-order valence-electron chi connectivity index (χ0n) is 17.7. The van der Waals surface area contributed by atoms with Crippen LogP contribution in [0.5, 0.6) is 0 Å². The topological polar surface area (TPSA) is 92.5 Å². The van der Waals surface area contributed by atoms with E-state index in [1.807, 2.05) is 30.7 Å². The van der Waals surface area contributed by atoms with Crippen LogP contribution in [0.15, 0.2) is 17.5 Å². The average molecular weight is 430 g/mol. The Morgan fingerprint density at radius 1 is 1.30 bits per heavy atom. The molecule has 1 fully saturated rings. The van der Waals surface area contributed by atoms with Crippen LogP contribution in [0.3, 0.4) is 0 Å². The van der Waals surface area contributed by atoms with Gasteiger partial charge in [0.1, 0.15) is 11.5 Å². The fraction of sp³-hybridized carbons (Fsp3) is 0.476. The lowest BCUT2D eigenvalue weighted by Crippen LogP contribution is -2.36. The molecule has 1 amide bonds. The second-order valence-electron chi connectivity index (χ2n) is 8.13. The Morgan fingerprint density at radius 2 is 2.03 bits per heavy atom. The molecule has 0 atom stereocenters. The highest BCUT2D eigenvalue weighted by molar-refractivity contribution is 7.09. The molecule has 0 unspecified atom stereocenters. The Kier molecular flexibility index (Phi) is 5.63. The molecule has 30 heavy (non-hydrogen) atoms. The van der Waals surface area contributed by atoms with Crippen LogP contribution in [0.1, 0.15) is 40.7 Å². The molecule has 9 heteroatoms. The predicted molar refractivity (Wildman–Crippen MR) is 117 cm³/mol. The summed E-state index contributed by atoms with van der Waals surface area (Å²) in [4.78, 5) is 24.1. The summed E-state index contributed by atoms with van der Waals surface area (Å²) in [6.45, 7) is 9.23. The highest BCUT2D eigenvalue weighted by atomic mass is 32.1. The van der Waals surface area contributed by atoms with Crippen LogP contribution in [0.25, 0.3) is 11.0 Å². The number of fused-ring (bicyclic) bond motifs is 1. The van der Waals surface area contributed by atoms with Gasteiger partial charge in [-0.2, -0.15) is 0 Å². The molecule has 2 N–H and O–H groups in total. The van der Waals surface area contributed by atoms with Gasteiger partial charge < -0.3 is 19.7 Å². The average Bonchev–Trinajstić information content (AvgIpc) is 3.25. The van der Waals surface area contributed by atoms with E-state index < -0.39 is 5.60 Å². The monoisotopic (exact) mass is 429 g/mol. The van der Waals surface area contributed by atoms with E-state index in [9.17, 15) is 9.90 Å². The summed E-state index contributed by atoms with van der Waals surface area (Å²) in [5.41, 5.74) is 2.10. The number of aryl methyl sites for hydroxylation is 2. The summed E-state index contributed by atoms with van der Waals surface area (Å²) in [5, 5.41) is 16.2. The number of ether oxygens (including phenoxy) is 1. The minimum atomic E-state index is -1.14. The number of hydrogen-bond donors (Lipinski definition) is 2. The third kappa shape index (κ3) is 4.24. The van der Waals surface area contributed by atoms with E-state index in [-0.39, 0.29) is 5.91 Å². The molecule has 2 aromatic heterocycles. The molecule has 3 heterocycles. The second kappa shape index (κ2) is 8.07. The number of nitrogens with one attached hydrogen (secondary N) is 1. The molecule has 0 bridgehead atoms. The van der Waals surface area contributed by atoms with Crippen molar-refractivity contribution in [2.24, 2.45) is 7.05 Å². The van der Waals surface area contributed by atoms with E-state index in [0.29, 0.717) is 16.9 Å². The van der Waals surface area contributed by atoms with Crippen LogP contribution in [0.4, 0.5) is 5.69 Å². The third-order valence-electron chi connectivity index (χ3n) is 5.34. The van der Waals surface area contributed by atoms with Crippen LogP contribution in [-0.2, 0) is 23.9 Å². The van der Waals surface area contributed by atoms with Crippen LogP contribution < -0.4 is 5.32 Å². The van der Waals surface area contributed by atoms with Crippen molar-refractivity contribution >= 4 is 34.0 Å². The number of anilines is 1. The van der Waals surface area contributed by atoms with E-state index in [2.05, 4.69) is 15.2 Å². The van der Waals surface area contributed by atoms with Gasteiger partial charge in [-0.3, -0.25) is 9.69 Å². The van der Waals surface area contributed by atoms with Gasteiger partial charge in [0.15, 0.2) is 0 Å². The first kappa shape index (κ1) is 20.9. The van der Waals surface area contributed by atoms with Crippen LogP contribution >= 0.6 is 11.3 Å². The Labute approximate surface area is 179 Å². The second-order valence-corrected chi connectivity index (χ2v) is 9.19. The number of thiazole rings is 1. The summed E-state index contributed by atoms with van der Waals surface area (Å²) >= 11 is 1.43. The van der Waals surface area contributed by atoms with Gasteiger partial charge >= 0.3 is 0 Å². The summed E-state index contributed by atoms with van der Waals surface area (Å²) in [5.74, 6) is 0.645. The maximum Gasteiger partial charge on any atom is 0.275 e. The molecule has 0 spiro atoms. The van der Waals surface area contributed by atoms with Crippen molar-refractivity contribution in [1.29, 1.82) is 0 Å². The van der Waals surface area contributed by atoms with Crippen molar-refractivity contribution < 1.29 is 14.6 Å². The lowest BCUT2D eigenvalue weighted by molar-refractivity contribution is 0.0328. The number of benzene rings is 1. The normalized spacial score (nSPS) is 15.6. The number of rotatable bonds is 5. The number of aromatic nitrogens is 3. The Hall–Kier alpha value is -2.33. The van der Waals surface area contributed by atoms with E-state index in [1.165, 1.54) is 11.3 Å². The first-order chi connectivity index (χ1) is 14.2. The molecular formula is C21H27N5O3S. The van der Waals surface area contributed by atoms with E-state index in [1.54, 1.807) is 19.2 Å². The lowest BCUT2D eigenvalue weighted by Gasteiger charge is -2.26. The Balaban J connectivity index is 1.71. The Bertz CT molecular complexity index is 1080. The number of nitrogens with zero attached hydrogens (tertiary/aromatic N) is 4. The molecule has 1 saturated heterocycles. The number of carbonyl (C=O) groups is 1. The molecular weight excluding hydrogens is 402 g/mol. The summed E-state index contributed by atoms with van der Waals surface area (Å²) in [7, 11) is 1.98. The summed E-state index contributed by atoms with van der Waals surface area (Å²) in [6, 6.07) is 3.75. The van der Waals surface area contributed by atoms with Crippen molar-refractivity contribution in [3.8, 4) is 0 Å². The lowest BCUT2D eigenvalue weighted by atomic mass is 9.95. The van der Waals surface area contributed by atoms with Gasteiger partial charge in [-0.25, -0.2) is 9.97 Å². The highest BCUT2D eigenvalue weighted by Gasteiger charge is 2.25. The van der Waals surface area contributed by atoms with Crippen molar-refractivity contribution in [2.75, 3.05) is 31.6 Å². The van der Waals surface area contributed by atoms with E-state index in [0.717, 1.165) is 54.7 Å². The molecule has 0 radical (unpaired) electrons. The van der Waals surface area contributed by atoms with Gasteiger partial charge in [-0.1, -0.05) is 0 Å². The fourth-order valence-electron chi connectivity index (χ4n) is 3.65. The summed E-state index contributed by atoms with van der Waals surface area (Å²) < 4.78 is 7.47. The first-order valence-electron chi connectivity index (χ1n) is 9.98. The van der Waals surface area contributed by atoms with Gasteiger partial charge in [-0.05, 0) is 32.9 Å². The van der Waals surface area contributed by atoms with Gasteiger partial charge in [0, 0.05) is 36.8 Å². The molecule has 1 aliphatic heterocycles. The maximum absolute atomic E-state index is 12.7. The van der Waals surface area contributed by atoms with Gasteiger partial charge in [-0.15, -0.1) is 11.3 Å². The number of imidazole rings is 1. The highest BCUT2D eigenvalue weighted by Crippen LogP contribution is 2.33. The minimum absolute atomic E-state index is 0.292. The molecule has 0 saturated carbocycles. The molecule has 8 nitrogen and oxygen atoms in total. The Morgan fingerprint density at radius 3 is 2.67 bits per heavy atom. The van der Waals surface area contributed by atoms with E-state index >= 15 is 0 Å². The van der Waals surface area contributed by atoms with Gasteiger partial charge in [0.2, 0.25) is 0 Å². The third-order valence-corrected chi connectivity index (χ3v) is 6.11. The molecule has 3 aromatic rings. The van der Waals surface area contributed by atoms with Crippen molar-refractivity contribution in [3.63, 3.8) is 0 Å².